The Labute approximate surface area is 249 Å². The van der Waals surface area contributed by atoms with Crippen LogP contribution in [0.4, 0.5) is 0 Å². The van der Waals surface area contributed by atoms with E-state index in [-0.39, 0.29) is 41.0 Å². The summed E-state index contributed by atoms with van der Waals surface area (Å²) >= 11 is 6.03. The first kappa shape index (κ1) is 28.9. The predicted octanol–water partition coefficient (Wildman–Crippen LogP) is 1.35. The zero-order valence-electron chi connectivity index (χ0n) is 23.1. The van der Waals surface area contributed by atoms with Crippen molar-refractivity contribution in [2.45, 2.75) is 49.1 Å². The number of likely N-dealkylation sites (tertiary alicyclic amines) is 3. The van der Waals surface area contributed by atoms with E-state index in [1.807, 2.05) is 4.90 Å². The Bertz CT molecular complexity index is 1540. The quantitative estimate of drug-likeness (QED) is 0.504. The first-order chi connectivity index (χ1) is 20.1. The smallest absolute Gasteiger partial charge is 0.245 e. The molecular formula is C29H34ClN5O6S. The lowest BCUT2D eigenvalue weighted by Crippen LogP contribution is -2.59. The van der Waals surface area contributed by atoms with Crippen molar-refractivity contribution in [1.29, 1.82) is 0 Å². The van der Waals surface area contributed by atoms with E-state index in [0.717, 1.165) is 11.8 Å². The maximum Gasteiger partial charge on any atom is 0.245 e. The number of piperidine rings is 3. The molecule has 42 heavy (non-hydrogen) atoms. The monoisotopic (exact) mass is 615 g/mol. The largest absolute Gasteiger partial charge is 0.344 e. The summed E-state index contributed by atoms with van der Waals surface area (Å²) in [6, 6.07) is 8.50. The number of nitrogens with zero attached hydrogens (tertiary/aromatic N) is 3. The molecule has 0 radical (unpaired) electrons. The van der Waals surface area contributed by atoms with E-state index in [1.54, 1.807) is 35.2 Å². The van der Waals surface area contributed by atoms with E-state index >= 15 is 0 Å². The van der Waals surface area contributed by atoms with Crippen LogP contribution in [-0.2, 0) is 29.2 Å². The first-order valence-corrected chi connectivity index (χ1v) is 16.3. The van der Waals surface area contributed by atoms with Crippen molar-refractivity contribution >= 4 is 56.0 Å². The number of carbonyl (C=O) groups is 4. The number of hydrogen-bond acceptors (Lipinski definition) is 6. The molecule has 6 rings (SSSR count). The molecule has 4 heterocycles. The summed E-state index contributed by atoms with van der Waals surface area (Å²) in [5, 5.41) is 4.83. The van der Waals surface area contributed by atoms with Crippen LogP contribution in [0.5, 0.6) is 0 Å². The summed E-state index contributed by atoms with van der Waals surface area (Å²) in [5.74, 6) is -0.440. The molecule has 11 nitrogen and oxygen atoms in total. The van der Waals surface area contributed by atoms with Gasteiger partial charge in [-0.3, -0.25) is 19.2 Å². The Kier molecular flexibility index (Phi) is 7.88. The Hall–Kier alpha value is -3.22. The highest BCUT2D eigenvalue weighted by Crippen LogP contribution is 2.30. The minimum absolute atomic E-state index is 0.0455. The van der Waals surface area contributed by atoms with E-state index in [0.29, 0.717) is 68.8 Å². The van der Waals surface area contributed by atoms with Crippen LogP contribution in [-0.4, -0.2) is 98.1 Å². The third-order valence-corrected chi connectivity index (χ3v) is 10.5. The molecule has 0 spiro atoms. The van der Waals surface area contributed by atoms with Crippen LogP contribution in [0.1, 0.15) is 32.1 Å². The molecule has 4 atom stereocenters. The van der Waals surface area contributed by atoms with Crippen molar-refractivity contribution in [3.63, 3.8) is 0 Å². The van der Waals surface area contributed by atoms with Gasteiger partial charge in [0.25, 0.3) is 0 Å². The average Bonchev–Trinajstić information content (AvgIpc) is 3.39. The topological polar surface area (TPSA) is 136 Å². The second kappa shape index (κ2) is 11.5. The molecule has 2 aromatic rings. The number of carbonyl (C=O) groups excluding carboxylic acids is 4. The lowest BCUT2D eigenvalue weighted by Gasteiger charge is -2.46. The van der Waals surface area contributed by atoms with E-state index < -0.39 is 28.0 Å². The standard InChI is InChI=1S/C29H34ClN5O6S/c30-22-5-3-21-12-23(6-4-20(21)11-22)42(40,41)32-25-2-1-9-33(29(25)39)17-27(37)34-13-18-10-19(14-34)16-35(15-18)28(38)24-7-8-26(36)31-24/h3-6,11-12,18-19,24-25,32H,1-2,7-10,13-17H2,(H,31,36). The number of halogens is 1. The highest BCUT2D eigenvalue weighted by Gasteiger charge is 2.41. The summed E-state index contributed by atoms with van der Waals surface area (Å²) in [4.78, 5) is 56.2. The number of sulfonamides is 1. The van der Waals surface area contributed by atoms with Crippen LogP contribution in [0.2, 0.25) is 5.02 Å². The number of benzene rings is 2. The third-order valence-electron chi connectivity index (χ3n) is 8.78. The van der Waals surface area contributed by atoms with Crippen LogP contribution in [0.15, 0.2) is 41.3 Å². The molecule has 13 heteroatoms. The SMILES string of the molecule is O=C1CCC(C(=O)N2CC3CC(CN(C(=O)CN4CCCC(NS(=O)(=O)c5ccc6cc(Cl)ccc6c5)C4=O)C3)C2)N1. The van der Waals surface area contributed by atoms with Gasteiger partial charge >= 0.3 is 0 Å². The number of amides is 4. The van der Waals surface area contributed by atoms with Gasteiger partial charge in [0.2, 0.25) is 33.7 Å². The van der Waals surface area contributed by atoms with Crippen LogP contribution in [0.3, 0.4) is 0 Å². The van der Waals surface area contributed by atoms with Crippen molar-refractivity contribution in [2.75, 3.05) is 39.3 Å². The summed E-state index contributed by atoms with van der Waals surface area (Å²) in [7, 11) is -3.98. The van der Waals surface area contributed by atoms with Crippen molar-refractivity contribution in [3.8, 4) is 0 Å². The van der Waals surface area contributed by atoms with E-state index in [1.165, 1.54) is 11.0 Å². The highest BCUT2D eigenvalue weighted by atomic mass is 35.5. The molecule has 4 saturated heterocycles. The van der Waals surface area contributed by atoms with Crippen LogP contribution in [0, 0.1) is 11.8 Å². The lowest BCUT2D eigenvalue weighted by molar-refractivity contribution is -0.147. The molecule has 4 aliphatic heterocycles. The molecule has 2 N–H and O–H groups in total. The molecule has 4 amide bonds. The van der Waals surface area contributed by atoms with E-state index in [4.69, 9.17) is 11.6 Å². The van der Waals surface area contributed by atoms with Gasteiger partial charge in [0.15, 0.2) is 0 Å². The molecule has 0 aliphatic carbocycles. The second-order valence-electron chi connectivity index (χ2n) is 11.9. The van der Waals surface area contributed by atoms with Crippen molar-refractivity contribution < 1.29 is 27.6 Å². The number of nitrogens with one attached hydrogen (secondary N) is 2. The lowest BCUT2D eigenvalue weighted by atomic mass is 9.84. The fraction of sp³-hybridized carbons (Fsp3) is 0.517. The molecule has 0 aromatic heterocycles. The zero-order chi connectivity index (χ0) is 29.6. The Morgan fingerprint density at radius 2 is 1.64 bits per heavy atom. The van der Waals surface area contributed by atoms with Gasteiger partial charge in [0.05, 0.1) is 11.4 Å². The van der Waals surface area contributed by atoms with Gasteiger partial charge in [-0.15, -0.1) is 0 Å². The Balaban J connectivity index is 1.05. The minimum Gasteiger partial charge on any atom is -0.344 e. The van der Waals surface area contributed by atoms with E-state index in [9.17, 15) is 27.6 Å². The molecule has 2 aromatic carbocycles. The van der Waals surface area contributed by atoms with Crippen LogP contribution < -0.4 is 10.0 Å². The highest BCUT2D eigenvalue weighted by molar-refractivity contribution is 7.89. The summed E-state index contributed by atoms with van der Waals surface area (Å²) in [5.41, 5.74) is 0. The molecule has 224 valence electrons. The van der Waals surface area contributed by atoms with Crippen molar-refractivity contribution in [3.05, 3.63) is 41.4 Å². The number of hydrogen-bond donors (Lipinski definition) is 2. The number of rotatable bonds is 6. The second-order valence-corrected chi connectivity index (χ2v) is 14.0. The van der Waals surface area contributed by atoms with Gasteiger partial charge in [-0.1, -0.05) is 23.7 Å². The average molecular weight is 616 g/mol. The molecule has 2 bridgehead atoms. The predicted molar refractivity (Wildman–Crippen MR) is 155 cm³/mol. The third kappa shape index (κ3) is 5.97. The summed E-state index contributed by atoms with van der Waals surface area (Å²) < 4.78 is 28.9. The molecule has 0 saturated carbocycles. The van der Waals surface area contributed by atoms with E-state index in [2.05, 4.69) is 10.0 Å². The molecule has 4 fully saturated rings. The fourth-order valence-corrected chi connectivity index (χ4v) is 8.21. The van der Waals surface area contributed by atoms with Crippen LogP contribution in [0.25, 0.3) is 10.8 Å². The zero-order valence-corrected chi connectivity index (χ0v) is 24.7. The fourth-order valence-electron chi connectivity index (χ4n) is 6.77. The van der Waals surface area contributed by atoms with Gasteiger partial charge in [0, 0.05) is 44.2 Å². The maximum absolute atomic E-state index is 13.3. The van der Waals surface area contributed by atoms with Gasteiger partial charge in [0.1, 0.15) is 12.1 Å². The summed E-state index contributed by atoms with van der Waals surface area (Å²) in [6.45, 7) is 2.36. The van der Waals surface area contributed by atoms with Crippen molar-refractivity contribution in [1.82, 2.24) is 24.7 Å². The van der Waals surface area contributed by atoms with Gasteiger partial charge in [-0.05, 0) is 72.6 Å². The molecule has 4 unspecified atom stereocenters. The molecular weight excluding hydrogens is 582 g/mol. The number of fused-ring (bicyclic) bond motifs is 3. The maximum atomic E-state index is 13.3. The van der Waals surface area contributed by atoms with Gasteiger partial charge in [-0.2, -0.15) is 4.72 Å². The van der Waals surface area contributed by atoms with Crippen molar-refractivity contribution in [2.24, 2.45) is 11.8 Å². The Morgan fingerprint density at radius 3 is 2.36 bits per heavy atom. The Morgan fingerprint density at radius 1 is 0.952 bits per heavy atom. The minimum atomic E-state index is -3.98. The first-order valence-electron chi connectivity index (χ1n) is 14.4. The van der Waals surface area contributed by atoms with Gasteiger partial charge in [-0.25, -0.2) is 8.42 Å². The normalized spacial score (nSPS) is 26.5. The van der Waals surface area contributed by atoms with Crippen LogP contribution >= 0.6 is 11.6 Å². The molecule has 4 aliphatic rings. The van der Waals surface area contributed by atoms with Gasteiger partial charge < -0.3 is 20.0 Å². The summed E-state index contributed by atoms with van der Waals surface area (Å²) in [6.07, 6.45) is 2.75.